The van der Waals surface area contributed by atoms with Crippen molar-refractivity contribution in [3.05, 3.63) is 200 Å². The molecule has 9 aromatic rings. The van der Waals surface area contributed by atoms with Crippen LogP contribution in [0.15, 0.2) is 171 Å². The van der Waals surface area contributed by atoms with Crippen LogP contribution >= 0.6 is 0 Å². The molecule has 3 aromatic heterocycles. The highest BCUT2D eigenvalue weighted by Gasteiger charge is 2.18. The van der Waals surface area contributed by atoms with Gasteiger partial charge in [-0.2, -0.15) is 0 Å². The standard InChI is InChI=1S/C51H32F3N3/c1-3-40-43(31-13-19-37(52)20-14-31)28-49(55-46(40)4-2)34-25-35(50-29-44(32-15-21-38(53)22-16-32)41-9-5-7-11-47(41)56-50)27-36(26-34)51-30-45(33-17-23-39(54)24-18-33)42-10-6-8-12-48(42)57-51/h3-30H,1-2H2. The molecule has 0 amide bonds. The maximum absolute atomic E-state index is 14.1. The summed E-state index contributed by atoms with van der Waals surface area (Å²) in [5.41, 5.74) is 12.5. The normalized spacial score (nSPS) is 11.2. The molecule has 3 heterocycles. The number of halogens is 3. The Morgan fingerprint density at radius 2 is 0.737 bits per heavy atom. The molecule has 0 fully saturated rings. The van der Waals surface area contributed by atoms with E-state index in [1.54, 1.807) is 48.6 Å². The highest BCUT2D eigenvalue weighted by Crippen LogP contribution is 2.40. The van der Waals surface area contributed by atoms with Crippen LogP contribution < -0.4 is 0 Å². The number of hydrogen-bond acceptors (Lipinski definition) is 3. The van der Waals surface area contributed by atoms with Crippen molar-refractivity contribution in [3.63, 3.8) is 0 Å². The summed E-state index contributed by atoms with van der Waals surface area (Å²) >= 11 is 0. The molecule has 9 rings (SSSR count). The fourth-order valence-electron chi connectivity index (χ4n) is 7.42. The first-order valence-electron chi connectivity index (χ1n) is 18.4. The molecule has 0 aliphatic carbocycles. The van der Waals surface area contributed by atoms with Crippen molar-refractivity contribution in [1.29, 1.82) is 0 Å². The van der Waals surface area contributed by atoms with Crippen LogP contribution in [0.1, 0.15) is 11.3 Å². The third kappa shape index (κ3) is 6.78. The molecule has 6 heteroatoms. The molecule has 0 radical (unpaired) electrons. The third-order valence-corrected chi connectivity index (χ3v) is 10.2. The highest BCUT2D eigenvalue weighted by molar-refractivity contribution is 5.99. The predicted molar refractivity (Wildman–Crippen MR) is 228 cm³/mol. The summed E-state index contributed by atoms with van der Waals surface area (Å²) in [5, 5.41) is 1.87. The number of aromatic nitrogens is 3. The van der Waals surface area contributed by atoms with Crippen molar-refractivity contribution in [3.8, 4) is 67.2 Å². The van der Waals surface area contributed by atoms with Crippen molar-refractivity contribution >= 4 is 34.0 Å². The smallest absolute Gasteiger partial charge is 0.123 e. The Hall–Kier alpha value is -7.44. The van der Waals surface area contributed by atoms with Gasteiger partial charge in [-0.15, -0.1) is 0 Å². The molecule has 6 aromatic carbocycles. The molecular formula is C51H32F3N3. The second kappa shape index (κ2) is 14.7. The number of nitrogens with zero attached hydrogens (tertiary/aromatic N) is 3. The van der Waals surface area contributed by atoms with Crippen molar-refractivity contribution < 1.29 is 13.2 Å². The van der Waals surface area contributed by atoms with E-state index in [0.29, 0.717) is 22.8 Å². The van der Waals surface area contributed by atoms with Crippen LogP contribution in [-0.4, -0.2) is 15.0 Å². The largest absolute Gasteiger partial charge is 0.248 e. The van der Waals surface area contributed by atoms with Gasteiger partial charge in [0.1, 0.15) is 17.5 Å². The average Bonchev–Trinajstić information content (AvgIpc) is 3.25. The fourth-order valence-corrected chi connectivity index (χ4v) is 7.42. The first kappa shape index (κ1) is 35.3. The number of para-hydroxylation sites is 2. The zero-order valence-electron chi connectivity index (χ0n) is 30.6. The number of fused-ring (bicyclic) bond motifs is 2. The van der Waals surface area contributed by atoms with Crippen molar-refractivity contribution in [1.82, 2.24) is 15.0 Å². The summed E-state index contributed by atoms with van der Waals surface area (Å²) in [6, 6.07) is 47.3. The van der Waals surface area contributed by atoms with Crippen LogP contribution in [0.3, 0.4) is 0 Å². The van der Waals surface area contributed by atoms with Crippen molar-refractivity contribution in [2.24, 2.45) is 0 Å². The second-order valence-electron chi connectivity index (χ2n) is 13.7. The highest BCUT2D eigenvalue weighted by atomic mass is 19.1. The molecule has 0 aliphatic rings. The van der Waals surface area contributed by atoms with Crippen molar-refractivity contribution in [2.45, 2.75) is 0 Å². The monoisotopic (exact) mass is 743 g/mol. The van der Waals surface area contributed by atoms with E-state index >= 15 is 0 Å². The maximum atomic E-state index is 14.1. The Morgan fingerprint density at radius 1 is 0.368 bits per heavy atom. The number of pyridine rings is 3. The molecular weight excluding hydrogens is 712 g/mol. The van der Waals surface area contributed by atoms with E-state index in [1.807, 2.05) is 78.9 Å². The van der Waals surface area contributed by atoms with Crippen LogP contribution in [0.5, 0.6) is 0 Å². The summed E-state index contributed by atoms with van der Waals surface area (Å²) in [7, 11) is 0. The first-order valence-corrected chi connectivity index (χ1v) is 18.4. The van der Waals surface area contributed by atoms with Crippen LogP contribution in [0.2, 0.25) is 0 Å². The lowest BCUT2D eigenvalue weighted by molar-refractivity contribution is 0.627. The Balaban J connectivity index is 1.32. The number of benzene rings is 6. The van der Waals surface area contributed by atoms with Crippen LogP contribution in [0.4, 0.5) is 13.2 Å². The van der Waals surface area contributed by atoms with Gasteiger partial charge in [0.2, 0.25) is 0 Å². The predicted octanol–water partition coefficient (Wildman–Crippen LogP) is 13.9. The third-order valence-electron chi connectivity index (χ3n) is 10.2. The minimum absolute atomic E-state index is 0.313. The molecule has 0 N–H and O–H groups in total. The number of rotatable bonds is 8. The summed E-state index contributed by atoms with van der Waals surface area (Å²) < 4.78 is 42.3. The lowest BCUT2D eigenvalue weighted by Crippen LogP contribution is -1.97. The van der Waals surface area contributed by atoms with Crippen molar-refractivity contribution in [2.75, 3.05) is 0 Å². The number of hydrogen-bond donors (Lipinski definition) is 0. The molecule has 0 saturated carbocycles. The average molecular weight is 744 g/mol. The van der Waals surface area contributed by atoms with Gasteiger partial charge in [-0.3, -0.25) is 0 Å². The quantitative estimate of drug-likeness (QED) is 0.156. The molecule has 272 valence electrons. The van der Waals surface area contributed by atoms with Gasteiger partial charge in [0.15, 0.2) is 0 Å². The molecule has 57 heavy (non-hydrogen) atoms. The second-order valence-corrected chi connectivity index (χ2v) is 13.7. The molecule has 0 aliphatic heterocycles. The Kier molecular flexibility index (Phi) is 9.07. The van der Waals surface area contributed by atoms with Gasteiger partial charge in [0.05, 0.1) is 33.8 Å². The van der Waals surface area contributed by atoms with Gasteiger partial charge in [-0.25, -0.2) is 28.1 Å². The lowest BCUT2D eigenvalue weighted by atomic mass is 9.92. The Labute approximate surface area is 327 Å². The Bertz CT molecular complexity index is 2860. The van der Waals surface area contributed by atoms with E-state index in [2.05, 4.69) is 19.2 Å². The zero-order valence-corrected chi connectivity index (χ0v) is 30.6. The van der Waals surface area contributed by atoms with E-state index in [9.17, 15) is 13.2 Å². The molecule has 0 saturated heterocycles. The summed E-state index contributed by atoms with van der Waals surface area (Å²) in [4.78, 5) is 15.4. The van der Waals surface area contributed by atoms with Gasteiger partial charge in [-0.1, -0.05) is 92.0 Å². The van der Waals surface area contributed by atoms with Crippen LogP contribution in [-0.2, 0) is 0 Å². The summed E-state index contributed by atoms with van der Waals surface area (Å²) in [6.45, 7) is 8.12. The SMILES string of the molecule is C=Cc1nc(-c2cc(-c3cc(-c4ccc(F)cc4)c4ccccc4n3)cc(-c3cc(-c4ccc(F)cc4)c4ccccc4n3)c2)cc(-c2ccc(F)cc2)c1C=C. The minimum Gasteiger partial charge on any atom is -0.248 e. The maximum Gasteiger partial charge on any atom is 0.123 e. The Morgan fingerprint density at radius 3 is 1.14 bits per heavy atom. The van der Waals surface area contributed by atoms with E-state index in [-0.39, 0.29) is 17.5 Å². The summed E-state index contributed by atoms with van der Waals surface area (Å²) in [6.07, 6.45) is 3.43. The zero-order chi connectivity index (χ0) is 39.0. The topological polar surface area (TPSA) is 38.7 Å². The first-order chi connectivity index (χ1) is 27.8. The van der Waals surface area contributed by atoms with Crippen LogP contribution in [0, 0.1) is 17.5 Å². The molecule has 0 bridgehead atoms. The van der Waals surface area contributed by atoms with E-state index in [4.69, 9.17) is 15.0 Å². The van der Waals surface area contributed by atoms with Gasteiger partial charge in [0, 0.05) is 33.0 Å². The van der Waals surface area contributed by atoms with E-state index < -0.39 is 0 Å². The van der Waals surface area contributed by atoms with E-state index in [1.165, 1.54) is 36.4 Å². The van der Waals surface area contributed by atoms with Gasteiger partial charge in [0.25, 0.3) is 0 Å². The minimum atomic E-state index is -0.333. The van der Waals surface area contributed by atoms with Gasteiger partial charge >= 0.3 is 0 Å². The summed E-state index contributed by atoms with van der Waals surface area (Å²) in [5.74, 6) is -0.960. The van der Waals surface area contributed by atoms with Gasteiger partial charge in [-0.05, 0) is 124 Å². The van der Waals surface area contributed by atoms with Gasteiger partial charge < -0.3 is 0 Å². The molecule has 0 spiro atoms. The lowest BCUT2D eigenvalue weighted by Gasteiger charge is -2.16. The van der Waals surface area contributed by atoms with Crippen LogP contribution in [0.25, 0.3) is 101 Å². The fraction of sp³-hybridized carbons (Fsp3) is 0. The molecule has 0 unspecified atom stereocenters. The molecule has 3 nitrogen and oxygen atoms in total. The molecule has 0 atom stereocenters. The van der Waals surface area contributed by atoms with E-state index in [0.717, 1.165) is 77.4 Å².